The molecule has 4 heteroatoms. The first-order chi connectivity index (χ1) is 7.51. The maximum Gasteiger partial charge on any atom is 0.239 e. The molecule has 2 unspecified atom stereocenters. The van der Waals surface area contributed by atoms with Gasteiger partial charge in [0, 0.05) is 12.6 Å². The van der Waals surface area contributed by atoms with Crippen molar-refractivity contribution in [2.24, 2.45) is 5.73 Å². The molecule has 2 atom stereocenters. The molecule has 0 bridgehead atoms. The highest BCUT2D eigenvalue weighted by molar-refractivity contribution is 5.85. The lowest BCUT2D eigenvalue weighted by Crippen LogP contribution is -2.53. The van der Waals surface area contributed by atoms with E-state index in [1.54, 1.807) is 6.92 Å². The van der Waals surface area contributed by atoms with Crippen LogP contribution in [0.1, 0.15) is 40.0 Å². The summed E-state index contributed by atoms with van der Waals surface area (Å²) >= 11 is 0. The minimum atomic E-state index is -0.727. The Morgan fingerprint density at radius 3 is 2.81 bits per heavy atom. The van der Waals surface area contributed by atoms with Crippen molar-refractivity contribution in [1.29, 1.82) is 0 Å². The molecule has 1 fully saturated rings. The summed E-state index contributed by atoms with van der Waals surface area (Å²) in [5.41, 5.74) is 5.16. The van der Waals surface area contributed by atoms with Crippen LogP contribution in [0.25, 0.3) is 0 Å². The third kappa shape index (κ3) is 3.19. The second kappa shape index (κ2) is 5.64. The van der Waals surface area contributed by atoms with Crippen molar-refractivity contribution >= 4 is 5.91 Å². The van der Waals surface area contributed by atoms with Crippen LogP contribution in [0.5, 0.6) is 0 Å². The standard InChI is InChI=1S/C12H25N3O/c1-4-12(3,13)11(16)14-9-10-7-6-8-15(10)5-2/h10H,4-9,13H2,1-3H3,(H,14,16). The first kappa shape index (κ1) is 13.5. The maximum absolute atomic E-state index is 11.8. The fourth-order valence-corrected chi connectivity index (χ4v) is 2.12. The molecule has 1 aliphatic rings. The number of carbonyl (C=O) groups is 1. The summed E-state index contributed by atoms with van der Waals surface area (Å²) in [6.07, 6.45) is 3.09. The van der Waals surface area contributed by atoms with Crippen LogP contribution in [0.2, 0.25) is 0 Å². The number of hydrogen-bond donors (Lipinski definition) is 2. The first-order valence-electron chi connectivity index (χ1n) is 6.32. The molecule has 0 aromatic carbocycles. The van der Waals surface area contributed by atoms with E-state index in [9.17, 15) is 4.79 Å². The number of hydrogen-bond acceptors (Lipinski definition) is 3. The number of carbonyl (C=O) groups excluding carboxylic acids is 1. The Labute approximate surface area is 98.6 Å². The quantitative estimate of drug-likeness (QED) is 0.727. The van der Waals surface area contributed by atoms with Crippen molar-refractivity contribution in [3.8, 4) is 0 Å². The van der Waals surface area contributed by atoms with Gasteiger partial charge >= 0.3 is 0 Å². The van der Waals surface area contributed by atoms with Gasteiger partial charge in [0.25, 0.3) is 0 Å². The van der Waals surface area contributed by atoms with E-state index in [-0.39, 0.29) is 5.91 Å². The van der Waals surface area contributed by atoms with Gasteiger partial charge in [-0.05, 0) is 39.3 Å². The molecule has 0 saturated carbocycles. The van der Waals surface area contributed by atoms with Crippen molar-refractivity contribution in [2.45, 2.75) is 51.6 Å². The lowest BCUT2D eigenvalue weighted by molar-refractivity contribution is -0.126. The maximum atomic E-state index is 11.8. The minimum Gasteiger partial charge on any atom is -0.353 e. The number of amides is 1. The first-order valence-corrected chi connectivity index (χ1v) is 6.32. The molecule has 1 amide bonds. The molecule has 0 radical (unpaired) electrons. The van der Waals surface area contributed by atoms with Gasteiger partial charge in [-0.3, -0.25) is 9.69 Å². The van der Waals surface area contributed by atoms with E-state index in [2.05, 4.69) is 17.1 Å². The summed E-state index contributed by atoms with van der Waals surface area (Å²) in [5, 5.41) is 2.97. The van der Waals surface area contributed by atoms with Crippen molar-refractivity contribution in [3.05, 3.63) is 0 Å². The summed E-state index contributed by atoms with van der Waals surface area (Å²) in [5.74, 6) is -0.0297. The average molecular weight is 227 g/mol. The predicted molar refractivity (Wildman–Crippen MR) is 66.2 cm³/mol. The van der Waals surface area contributed by atoms with Crippen molar-refractivity contribution < 1.29 is 4.79 Å². The fourth-order valence-electron chi connectivity index (χ4n) is 2.12. The lowest BCUT2D eigenvalue weighted by atomic mass is 9.99. The Morgan fingerprint density at radius 1 is 1.56 bits per heavy atom. The molecule has 1 heterocycles. The van der Waals surface area contributed by atoms with Gasteiger partial charge in [0.15, 0.2) is 0 Å². The van der Waals surface area contributed by atoms with Crippen LogP contribution in [-0.4, -0.2) is 42.0 Å². The highest BCUT2D eigenvalue weighted by Gasteiger charge is 2.28. The highest BCUT2D eigenvalue weighted by atomic mass is 16.2. The van der Waals surface area contributed by atoms with Crippen LogP contribution in [0, 0.1) is 0 Å². The normalized spacial score (nSPS) is 25.4. The minimum absolute atomic E-state index is 0.0297. The van der Waals surface area contributed by atoms with Crippen LogP contribution in [0.3, 0.4) is 0 Å². The molecule has 0 aromatic heterocycles. The third-order valence-corrected chi connectivity index (χ3v) is 3.66. The molecule has 3 N–H and O–H groups in total. The molecule has 1 rings (SSSR count). The zero-order valence-corrected chi connectivity index (χ0v) is 10.8. The topological polar surface area (TPSA) is 58.4 Å². The average Bonchev–Trinajstić information content (AvgIpc) is 2.72. The summed E-state index contributed by atoms with van der Waals surface area (Å²) in [7, 11) is 0. The van der Waals surface area contributed by atoms with E-state index in [1.165, 1.54) is 12.8 Å². The van der Waals surface area contributed by atoms with Crippen LogP contribution in [-0.2, 0) is 4.79 Å². The number of likely N-dealkylation sites (tertiary alicyclic amines) is 1. The second-order valence-corrected chi connectivity index (χ2v) is 4.91. The number of nitrogens with two attached hydrogens (primary N) is 1. The summed E-state index contributed by atoms with van der Waals surface area (Å²) < 4.78 is 0. The highest BCUT2D eigenvalue weighted by Crippen LogP contribution is 2.15. The van der Waals surface area contributed by atoms with Crippen LogP contribution in [0.15, 0.2) is 0 Å². The number of rotatable bonds is 5. The molecular weight excluding hydrogens is 202 g/mol. The molecule has 16 heavy (non-hydrogen) atoms. The van der Waals surface area contributed by atoms with Gasteiger partial charge in [-0.15, -0.1) is 0 Å². The van der Waals surface area contributed by atoms with Crippen molar-refractivity contribution in [3.63, 3.8) is 0 Å². The van der Waals surface area contributed by atoms with E-state index >= 15 is 0 Å². The fraction of sp³-hybridized carbons (Fsp3) is 0.917. The molecule has 4 nitrogen and oxygen atoms in total. The van der Waals surface area contributed by atoms with Crippen molar-refractivity contribution in [1.82, 2.24) is 10.2 Å². The van der Waals surface area contributed by atoms with Crippen LogP contribution in [0.4, 0.5) is 0 Å². The second-order valence-electron chi connectivity index (χ2n) is 4.91. The SMILES string of the molecule is CCN1CCCC1CNC(=O)C(C)(N)CC. The summed E-state index contributed by atoms with van der Waals surface area (Å²) in [4.78, 5) is 14.2. The molecular formula is C12H25N3O. The van der Waals surface area contributed by atoms with E-state index in [4.69, 9.17) is 5.73 Å². The zero-order valence-electron chi connectivity index (χ0n) is 10.8. The Morgan fingerprint density at radius 2 is 2.25 bits per heavy atom. The molecule has 0 aliphatic carbocycles. The molecule has 1 aliphatic heterocycles. The Balaban J connectivity index is 2.37. The largest absolute Gasteiger partial charge is 0.353 e. The molecule has 1 saturated heterocycles. The third-order valence-electron chi connectivity index (χ3n) is 3.66. The van der Waals surface area contributed by atoms with E-state index in [0.29, 0.717) is 12.5 Å². The Kier molecular flexibility index (Phi) is 4.74. The monoisotopic (exact) mass is 227 g/mol. The molecule has 94 valence electrons. The van der Waals surface area contributed by atoms with Gasteiger partial charge in [-0.2, -0.15) is 0 Å². The predicted octanol–water partition coefficient (Wildman–Crippen LogP) is 0.714. The number of nitrogens with zero attached hydrogens (tertiary/aromatic N) is 1. The van der Waals surface area contributed by atoms with Gasteiger partial charge in [0.1, 0.15) is 0 Å². The molecule has 0 aromatic rings. The zero-order chi connectivity index (χ0) is 12.2. The van der Waals surface area contributed by atoms with Gasteiger partial charge in [-0.25, -0.2) is 0 Å². The number of likely N-dealkylation sites (N-methyl/N-ethyl adjacent to an activating group) is 1. The van der Waals surface area contributed by atoms with Crippen molar-refractivity contribution in [2.75, 3.05) is 19.6 Å². The lowest BCUT2D eigenvalue weighted by Gasteiger charge is -2.26. The van der Waals surface area contributed by atoms with Gasteiger partial charge in [0.05, 0.1) is 5.54 Å². The van der Waals surface area contributed by atoms with Gasteiger partial charge in [0.2, 0.25) is 5.91 Å². The van der Waals surface area contributed by atoms with Crippen LogP contribution < -0.4 is 11.1 Å². The summed E-state index contributed by atoms with van der Waals surface area (Å²) in [6, 6.07) is 0.501. The smallest absolute Gasteiger partial charge is 0.239 e. The van der Waals surface area contributed by atoms with Crippen LogP contribution >= 0.6 is 0 Å². The summed E-state index contributed by atoms with van der Waals surface area (Å²) in [6.45, 7) is 8.85. The Hall–Kier alpha value is -0.610. The van der Waals surface area contributed by atoms with E-state index in [1.807, 2.05) is 6.92 Å². The van der Waals surface area contributed by atoms with E-state index in [0.717, 1.165) is 19.6 Å². The van der Waals surface area contributed by atoms with Gasteiger partial charge < -0.3 is 11.1 Å². The Bertz CT molecular complexity index is 240. The molecule has 0 spiro atoms. The number of nitrogens with one attached hydrogen (secondary N) is 1. The van der Waals surface area contributed by atoms with E-state index < -0.39 is 5.54 Å². The van der Waals surface area contributed by atoms with Gasteiger partial charge in [-0.1, -0.05) is 13.8 Å².